The van der Waals surface area contributed by atoms with E-state index in [9.17, 15) is 0 Å². The van der Waals surface area contributed by atoms with Crippen LogP contribution in [0.25, 0.3) is 0 Å². The Morgan fingerprint density at radius 3 is 2.75 bits per heavy atom. The molecule has 3 N–H and O–H groups in total. The van der Waals surface area contributed by atoms with E-state index in [0.717, 1.165) is 17.9 Å². The van der Waals surface area contributed by atoms with E-state index < -0.39 is 0 Å². The summed E-state index contributed by atoms with van der Waals surface area (Å²) in [5, 5.41) is 3.32. The fourth-order valence-corrected chi connectivity index (χ4v) is 1.32. The smallest absolute Gasteiger partial charge is 0.121 e. The number of hydrogen-bond donors (Lipinski definition) is 2. The van der Waals surface area contributed by atoms with Crippen molar-refractivity contribution in [2.24, 2.45) is 5.73 Å². The van der Waals surface area contributed by atoms with Gasteiger partial charge in [0.05, 0.1) is 6.10 Å². The Balaban J connectivity index is 2.63. The van der Waals surface area contributed by atoms with Crippen LogP contribution in [0.1, 0.15) is 27.2 Å². The van der Waals surface area contributed by atoms with Gasteiger partial charge in [0.2, 0.25) is 0 Å². The van der Waals surface area contributed by atoms with Gasteiger partial charge in [0.25, 0.3) is 0 Å². The highest BCUT2D eigenvalue weighted by molar-refractivity contribution is 5.48. The predicted molar refractivity (Wildman–Crippen MR) is 69.0 cm³/mol. The molecule has 1 aromatic carbocycles. The third-order valence-corrected chi connectivity index (χ3v) is 2.51. The highest BCUT2D eigenvalue weighted by Crippen LogP contribution is 2.19. The lowest BCUT2D eigenvalue weighted by Crippen LogP contribution is -2.25. The molecule has 0 aliphatic rings. The minimum absolute atomic E-state index is 0.252. The van der Waals surface area contributed by atoms with Gasteiger partial charge in [-0.05, 0) is 32.4 Å². The summed E-state index contributed by atoms with van der Waals surface area (Å²) in [7, 11) is 0. The third kappa shape index (κ3) is 4.11. The number of nitrogens with one attached hydrogen (secondary N) is 1. The van der Waals surface area contributed by atoms with Gasteiger partial charge in [0.15, 0.2) is 0 Å². The standard InChI is InChI=1S/C13H22N2O/c1-4-11(3)16-13-7-5-6-12(8-13)15-10(2)9-14/h5-8,10-11,15H,4,9,14H2,1-3H3. The first kappa shape index (κ1) is 12.8. The number of ether oxygens (including phenoxy) is 1. The number of benzene rings is 1. The summed E-state index contributed by atoms with van der Waals surface area (Å²) in [6.45, 7) is 6.87. The monoisotopic (exact) mass is 222 g/mol. The molecule has 1 rings (SSSR count). The van der Waals surface area contributed by atoms with Gasteiger partial charge in [-0.25, -0.2) is 0 Å². The van der Waals surface area contributed by atoms with Gasteiger partial charge in [-0.15, -0.1) is 0 Å². The number of nitrogens with two attached hydrogens (primary N) is 1. The highest BCUT2D eigenvalue weighted by atomic mass is 16.5. The summed E-state index contributed by atoms with van der Waals surface area (Å²) in [5.41, 5.74) is 6.62. The van der Waals surface area contributed by atoms with Gasteiger partial charge in [0, 0.05) is 24.3 Å². The van der Waals surface area contributed by atoms with E-state index in [1.54, 1.807) is 0 Å². The largest absolute Gasteiger partial charge is 0.491 e. The lowest BCUT2D eigenvalue weighted by Gasteiger charge is -2.16. The van der Waals surface area contributed by atoms with Gasteiger partial charge in [-0.1, -0.05) is 13.0 Å². The Morgan fingerprint density at radius 1 is 1.38 bits per heavy atom. The predicted octanol–water partition coefficient (Wildman–Crippen LogP) is 2.62. The molecule has 0 radical (unpaired) electrons. The topological polar surface area (TPSA) is 47.3 Å². The van der Waals surface area contributed by atoms with E-state index in [1.165, 1.54) is 0 Å². The van der Waals surface area contributed by atoms with Crippen LogP contribution in [0.3, 0.4) is 0 Å². The van der Waals surface area contributed by atoms with Gasteiger partial charge >= 0.3 is 0 Å². The molecule has 3 heteroatoms. The summed E-state index contributed by atoms with van der Waals surface area (Å²) >= 11 is 0. The molecule has 16 heavy (non-hydrogen) atoms. The van der Waals surface area contributed by atoms with Gasteiger partial charge in [-0.3, -0.25) is 0 Å². The second-order valence-corrected chi connectivity index (χ2v) is 4.15. The van der Waals surface area contributed by atoms with Gasteiger partial charge in [-0.2, -0.15) is 0 Å². The van der Waals surface area contributed by atoms with E-state index >= 15 is 0 Å². The molecule has 1 aromatic rings. The van der Waals surface area contributed by atoms with Crippen molar-refractivity contribution in [2.75, 3.05) is 11.9 Å². The van der Waals surface area contributed by atoms with Crippen LogP contribution in [0.5, 0.6) is 5.75 Å². The maximum absolute atomic E-state index is 5.75. The molecule has 0 amide bonds. The zero-order valence-electron chi connectivity index (χ0n) is 10.4. The quantitative estimate of drug-likeness (QED) is 0.778. The average molecular weight is 222 g/mol. The highest BCUT2D eigenvalue weighted by Gasteiger charge is 2.03. The Morgan fingerprint density at radius 2 is 2.12 bits per heavy atom. The van der Waals surface area contributed by atoms with Crippen LogP contribution in [0, 0.1) is 0 Å². The number of anilines is 1. The van der Waals surface area contributed by atoms with Crippen LogP contribution >= 0.6 is 0 Å². The van der Waals surface area contributed by atoms with Crippen molar-refractivity contribution in [2.45, 2.75) is 39.3 Å². The van der Waals surface area contributed by atoms with Crippen molar-refractivity contribution in [1.82, 2.24) is 0 Å². The molecule has 0 aliphatic carbocycles. The Labute approximate surface area is 98.0 Å². The minimum Gasteiger partial charge on any atom is -0.491 e. The Hall–Kier alpha value is -1.22. The SMILES string of the molecule is CCC(C)Oc1cccc(NC(C)CN)c1. The van der Waals surface area contributed by atoms with E-state index in [-0.39, 0.29) is 12.1 Å². The first-order valence-corrected chi connectivity index (χ1v) is 5.89. The summed E-state index contributed by atoms with van der Waals surface area (Å²) < 4.78 is 5.75. The van der Waals surface area contributed by atoms with Gasteiger partial charge in [0.1, 0.15) is 5.75 Å². The fraction of sp³-hybridized carbons (Fsp3) is 0.538. The molecule has 0 saturated carbocycles. The average Bonchev–Trinajstić information content (AvgIpc) is 2.29. The normalized spacial score (nSPS) is 14.2. The van der Waals surface area contributed by atoms with Crippen molar-refractivity contribution in [3.8, 4) is 5.75 Å². The summed E-state index contributed by atoms with van der Waals surface area (Å²) in [6.07, 6.45) is 1.26. The lowest BCUT2D eigenvalue weighted by atomic mass is 10.2. The third-order valence-electron chi connectivity index (χ3n) is 2.51. The molecule has 0 bridgehead atoms. The molecule has 0 fully saturated rings. The van der Waals surface area contributed by atoms with Crippen molar-refractivity contribution < 1.29 is 4.74 Å². The Kier molecular flexibility index (Phi) is 5.12. The summed E-state index contributed by atoms with van der Waals surface area (Å²) in [4.78, 5) is 0. The van der Waals surface area contributed by atoms with E-state index in [4.69, 9.17) is 10.5 Å². The lowest BCUT2D eigenvalue weighted by molar-refractivity contribution is 0.217. The maximum Gasteiger partial charge on any atom is 0.121 e. The number of rotatable bonds is 6. The van der Waals surface area contributed by atoms with E-state index in [0.29, 0.717) is 6.54 Å². The molecular formula is C13H22N2O. The van der Waals surface area contributed by atoms with Crippen molar-refractivity contribution in [1.29, 1.82) is 0 Å². The van der Waals surface area contributed by atoms with Crippen LogP contribution in [-0.2, 0) is 0 Å². The van der Waals surface area contributed by atoms with Crippen molar-refractivity contribution >= 4 is 5.69 Å². The minimum atomic E-state index is 0.252. The molecule has 0 aromatic heterocycles. The molecule has 0 heterocycles. The molecule has 90 valence electrons. The molecule has 0 aliphatic heterocycles. The number of hydrogen-bond acceptors (Lipinski definition) is 3. The first-order valence-electron chi connectivity index (χ1n) is 5.89. The molecular weight excluding hydrogens is 200 g/mol. The molecule has 0 saturated heterocycles. The van der Waals surface area contributed by atoms with Crippen molar-refractivity contribution in [3.63, 3.8) is 0 Å². The van der Waals surface area contributed by atoms with Crippen LogP contribution in [-0.4, -0.2) is 18.7 Å². The maximum atomic E-state index is 5.75. The van der Waals surface area contributed by atoms with E-state index in [1.807, 2.05) is 24.3 Å². The molecule has 0 spiro atoms. The zero-order valence-corrected chi connectivity index (χ0v) is 10.4. The van der Waals surface area contributed by atoms with Crippen LogP contribution in [0.4, 0.5) is 5.69 Å². The fourth-order valence-electron chi connectivity index (χ4n) is 1.32. The van der Waals surface area contributed by atoms with Crippen molar-refractivity contribution in [3.05, 3.63) is 24.3 Å². The van der Waals surface area contributed by atoms with Crippen LogP contribution < -0.4 is 15.8 Å². The second-order valence-electron chi connectivity index (χ2n) is 4.15. The summed E-state index contributed by atoms with van der Waals surface area (Å²) in [5.74, 6) is 0.906. The molecule has 2 atom stereocenters. The van der Waals surface area contributed by atoms with E-state index in [2.05, 4.69) is 26.1 Å². The zero-order chi connectivity index (χ0) is 12.0. The second kappa shape index (κ2) is 6.38. The summed E-state index contributed by atoms with van der Waals surface area (Å²) in [6, 6.07) is 8.28. The van der Waals surface area contributed by atoms with Crippen LogP contribution in [0.2, 0.25) is 0 Å². The van der Waals surface area contributed by atoms with Gasteiger partial charge < -0.3 is 15.8 Å². The van der Waals surface area contributed by atoms with Crippen LogP contribution in [0.15, 0.2) is 24.3 Å². The molecule has 2 unspecified atom stereocenters. The molecule has 3 nitrogen and oxygen atoms in total. The first-order chi connectivity index (χ1) is 7.65. The Bertz CT molecular complexity index is 287.